The second kappa shape index (κ2) is 9.70. The smallest absolute Gasteiger partial charge is 0.243 e. The van der Waals surface area contributed by atoms with Gasteiger partial charge in [-0.2, -0.15) is 4.31 Å². The van der Waals surface area contributed by atoms with Gasteiger partial charge in [-0.25, -0.2) is 12.8 Å². The summed E-state index contributed by atoms with van der Waals surface area (Å²) < 4.78 is 42.1. The van der Waals surface area contributed by atoms with Gasteiger partial charge >= 0.3 is 0 Å². The number of nitrogens with zero attached hydrogens (tertiary/aromatic N) is 1. The Balaban J connectivity index is 1.91. The Kier molecular flexibility index (Phi) is 7.25. The minimum Gasteiger partial charge on any atom is -0.324 e. The maximum absolute atomic E-state index is 14.2. The summed E-state index contributed by atoms with van der Waals surface area (Å²) in [4.78, 5) is 12.6. The zero-order valence-corrected chi connectivity index (χ0v) is 18.7. The van der Waals surface area contributed by atoms with Crippen molar-refractivity contribution in [3.8, 4) is 0 Å². The highest BCUT2D eigenvalue weighted by Crippen LogP contribution is 2.23. The third-order valence-corrected chi connectivity index (χ3v) is 6.97. The summed E-state index contributed by atoms with van der Waals surface area (Å²) >= 11 is 9.18. The van der Waals surface area contributed by atoms with Crippen LogP contribution in [0.5, 0.6) is 0 Å². The van der Waals surface area contributed by atoms with Gasteiger partial charge in [-0.05, 0) is 58.4 Å². The molecule has 0 unspecified atom stereocenters. The lowest BCUT2D eigenvalue weighted by Crippen LogP contribution is -2.37. The molecule has 156 valence electrons. The molecule has 0 heterocycles. The van der Waals surface area contributed by atoms with Crippen molar-refractivity contribution in [2.45, 2.75) is 11.4 Å². The van der Waals surface area contributed by atoms with Crippen LogP contribution < -0.4 is 5.32 Å². The Morgan fingerprint density at radius 3 is 2.30 bits per heavy atom. The highest BCUT2D eigenvalue weighted by atomic mass is 79.9. The Hall–Kier alpha value is -2.26. The Morgan fingerprint density at radius 1 is 1.00 bits per heavy atom. The van der Waals surface area contributed by atoms with Crippen molar-refractivity contribution in [2.24, 2.45) is 0 Å². The minimum absolute atomic E-state index is 0.0445. The molecule has 9 heteroatoms. The molecule has 3 rings (SSSR count). The van der Waals surface area contributed by atoms with Crippen LogP contribution in [0.1, 0.15) is 5.56 Å². The molecule has 0 atom stereocenters. The highest BCUT2D eigenvalue weighted by molar-refractivity contribution is 9.10. The number of nitrogens with one attached hydrogen (secondary N) is 1. The molecule has 0 aliphatic heterocycles. The minimum atomic E-state index is -4.09. The third kappa shape index (κ3) is 5.46. The number of hydrogen-bond donors (Lipinski definition) is 1. The molecule has 0 radical (unpaired) electrons. The SMILES string of the molecule is O=C(CN(Cc1ccccc1F)S(=O)(=O)c1ccc(Cl)cc1)Nc1ccccc1Br. The first kappa shape index (κ1) is 22.4. The number of anilines is 1. The van der Waals surface area contributed by atoms with E-state index in [1.807, 2.05) is 0 Å². The average molecular weight is 512 g/mol. The summed E-state index contributed by atoms with van der Waals surface area (Å²) in [5.74, 6) is -1.12. The number of halogens is 3. The van der Waals surface area contributed by atoms with Crippen molar-refractivity contribution in [3.63, 3.8) is 0 Å². The van der Waals surface area contributed by atoms with E-state index in [-0.39, 0.29) is 17.0 Å². The fourth-order valence-electron chi connectivity index (χ4n) is 2.71. The summed E-state index contributed by atoms with van der Waals surface area (Å²) in [7, 11) is -4.09. The van der Waals surface area contributed by atoms with Crippen LogP contribution in [0.25, 0.3) is 0 Å². The zero-order chi connectivity index (χ0) is 21.7. The topological polar surface area (TPSA) is 66.5 Å². The highest BCUT2D eigenvalue weighted by Gasteiger charge is 2.28. The van der Waals surface area contributed by atoms with E-state index < -0.39 is 28.3 Å². The van der Waals surface area contributed by atoms with Crippen molar-refractivity contribution in [1.29, 1.82) is 0 Å². The first-order valence-electron chi connectivity index (χ1n) is 8.81. The lowest BCUT2D eigenvalue weighted by molar-refractivity contribution is -0.116. The second-order valence-electron chi connectivity index (χ2n) is 6.35. The van der Waals surface area contributed by atoms with Gasteiger partial charge in [0.1, 0.15) is 5.82 Å². The summed E-state index contributed by atoms with van der Waals surface area (Å²) in [6.45, 7) is -0.804. The number of hydrogen-bond acceptors (Lipinski definition) is 3. The largest absolute Gasteiger partial charge is 0.324 e. The Bertz CT molecular complexity index is 1160. The van der Waals surface area contributed by atoms with Gasteiger partial charge in [0, 0.05) is 21.6 Å². The monoisotopic (exact) mass is 510 g/mol. The van der Waals surface area contributed by atoms with Crippen LogP contribution in [-0.4, -0.2) is 25.2 Å². The third-order valence-electron chi connectivity index (χ3n) is 4.22. The van der Waals surface area contributed by atoms with E-state index in [9.17, 15) is 17.6 Å². The molecule has 0 saturated carbocycles. The van der Waals surface area contributed by atoms with Gasteiger partial charge in [-0.3, -0.25) is 4.79 Å². The number of sulfonamides is 1. The molecule has 0 aliphatic rings. The number of rotatable bonds is 7. The number of carbonyl (C=O) groups is 1. The van der Waals surface area contributed by atoms with Gasteiger partial charge in [0.2, 0.25) is 15.9 Å². The van der Waals surface area contributed by atoms with Crippen LogP contribution in [0.3, 0.4) is 0 Å². The fourth-order valence-corrected chi connectivity index (χ4v) is 4.59. The molecule has 1 amide bonds. The van der Waals surface area contributed by atoms with E-state index in [0.29, 0.717) is 15.2 Å². The van der Waals surface area contributed by atoms with E-state index in [2.05, 4.69) is 21.2 Å². The zero-order valence-electron chi connectivity index (χ0n) is 15.6. The van der Waals surface area contributed by atoms with Crippen molar-refractivity contribution in [1.82, 2.24) is 4.31 Å². The summed E-state index contributed by atoms with van der Waals surface area (Å²) in [5.41, 5.74) is 0.654. The van der Waals surface area contributed by atoms with Gasteiger partial charge in [-0.1, -0.05) is 41.9 Å². The number of amides is 1. The van der Waals surface area contributed by atoms with E-state index >= 15 is 0 Å². The lowest BCUT2D eigenvalue weighted by atomic mass is 10.2. The van der Waals surface area contributed by atoms with Gasteiger partial charge in [-0.15, -0.1) is 0 Å². The molecule has 0 saturated heterocycles. The van der Waals surface area contributed by atoms with Crippen molar-refractivity contribution in [2.75, 3.05) is 11.9 Å². The van der Waals surface area contributed by atoms with Crippen LogP contribution >= 0.6 is 27.5 Å². The molecule has 0 fully saturated rings. The molecule has 0 aliphatic carbocycles. The standard InChI is InChI=1S/C21H17BrClFN2O3S/c22-18-6-2-4-8-20(18)25-21(27)14-26(13-15-5-1-3-7-19(15)24)30(28,29)17-11-9-16(23)10-12-17/h1-12H,13-14H2,(H,25,27). The lowest BCUT2D eigenvalue weighted by Gasteiger charge is -2.22. The van der Waals surface area contributed by atoms with Crippen molar-refractivity contribution in [3.05, 3.63) is 93.7 Å². The molecule has 3 aromatic carbocycles. The van der Waals surface area contributed by atoms with Crippen molar-refractivity contribution >= 4 is 49.1 Å². The summed E-state index contributed by atoms with van der Waals surface area (Å²) in [6, 6.07) is 18.4. The van der Waals surface area contributed by atoms with Gasteiger partial charge in [0.15, 0.2) is 0 Å². The Morgan fingerprint density at radius 2 is 1.63 bits per heavy atom. The number of carbonyl (C=O) groups excluding carboxylic acids is 1. The fraction of sp³-hybridized carbons (Fsp3) is 0.0952. The van der Waals surface area contributed by atoms with E-state index in [0.717, 1.165) is 4.31 Å². The molecular weight excluding hydrogens is 495 g/mol. The molecule has 30 heavy (non-hydrogen) atoms. The maximum atomic E-state index is 14.2. The predicted molar refractivity (Wildman–Crippen MR) is 118 cm³/mol. The van der Waals surface area contributed by atoms with Crippen molar-refractivity contribution < 1.29 is 17.6 Å². The first-order valence-corrected chi connectivity index (χ1v) is 11.4. The molecule has 0 bridgehead atoms. The predicted octanol–water partition coefficient (Wildman–Crippen LogP) is 5.07. The van der Waals surface area contributed by atoms with Crippen LogP contribution in [-0.2, 0) is 21.4 Å². The average Bonchev–Trinajstić information content (AvgIpc) is 2.71. The molecular formula is C21H17BrClFN2O3S. The van der Waals surface area contributed by atoms with E-state index in [1.165, 1.54) is 42.5 Å². The van der Waals surface area contributed by atoms with E-state index in [1.54, 1.807) is 30.3 Å². The molecule has 3 aromatic rings. The first-order chi connectivity index (χ1) is 14.3. The quantitative estimate of drug-likeness (QED) is 0.482. The molecule has 0 aromatic heterocycles. The summed E-state index contributed by atoms with van der Waals surface area (Å²) in [5, 5.41) is 3.04. The van der Waals surface area contributed by atoms with Gasteiger partial charge in [0.25, 0.3) is 0 Å². The normalized spacial score (nSPS) is 11.5. The molecule has 1 N–H and O–H groups in total. The molecule has 5 nitrogen and oxygen atoms in total. The van der Waals surface area contributed by atoms with Crippen LogP contribution in [0.2, 0.25) is 5.02 Å². The number of benzene rings is 3. The molecule has 0 spiro atoms. The van der Waals surface area contributed by atoms with Gasteiger partial charge < -0.3 is 5.32 Å². The van der Waals surface area contributed by atoms with Crippen LogP contribution in [0.4, 0.5) is 10.1 Å². The van der Waals surface area contributed by atoms with Gasteiger partial charge in [0.05, 0.1) is 17.1 Å². The van der Waals surface area contributed by atoms with E-state index in [4.69, 9.17) is 11.6 Å². The second-order valence-corrected chi connectivity index (χ2v) is 9.58. The van der Waals surface area contributed by atoms with Crippen LogP contribution in [0.15, 0.2) is 82.2 Å². The Labute approximate surface area is 187 Å². The van der Waals surface area contributed by atoms with Crippen LogP contribution in [0, 0.1) is 5.82 Å². The maximum Gasteiger partial charge on any atom is 0.243 e. The number of para-hydroxylation sites is 1. The summed E-state index contributed by atoms with van der Waals surface area (Å²) in [6.07, 6.45) is 0.